The molecule has 0 unspecified atom stereocenters. The van der Waals surface area contributed by atoms with Crippen LogP contribution in [0.25, 0.3) is 22.3 Å². The summed E-state index contributed by atoms with van der Waals surface area (Å²) in [5.41, 5.74) is -0.724. The van der Waals surface area contributed by atoms with Crippen LogP contribution in [0.4, 0.5) is 10.7 Å². The lowest BCUT2D eigenvalue weighted by molar-refractivity contribution is 0.0499. The van der Waals surface area contributed by atoms with Gasteiger partial charge in [-0.15, -0.1) is 5.92 Å². The van der Waals surface area contributed by atoms with E-state index < -0.39 is 41.0 Å². The highest BCUT2D eigenvalue weighted by molar-refractivity contribution is 6.05. The number of carbonyl (C=O) groups excluding carboxylic acids is 2. The number of nitrogens with one attached hydrogen (secondary N) is 1. The number of alkyl carbamates (subject to hydrolysis) is 1. The fourth-order valence-corrected chi connectivity index (χ4v) is 6.21. The van der Waals surface area contributed by atoms with Crippen molar-refractivity contribution in [3.63, 3.8) is 0 Å². The van der Waals surface area contributed by atoms with Gasteiger partial charge in [-0.3, -0.25) is 27.9 Å². The molecule has 1 aliphatic carbocycles. The number of imidazole rings is 1. The molecule has 1 aromatic carbocycles. The molecule has 1 saturated carbocycles. The second-order valence-corrected chi connectivity index (χ2v) is 13.0. The molecule has 1 atom stereocenters. The summed E-state index contributed by atoms with van der Waals surface area (Å²) >= 11 is 0. The van der Waals surface area contributed by atoms with Gasteiger partial charge in [0.1, 0.15) is 11.1 Å². The van der Waals surface area contributed by atoms with Crippen LogP contribution in [-0.4, -0.2) is 59.9 Å². The zero-order valence-corrected chi connectivity index (χ0v) is 27.3. The van der Waals surface area contributed by atoms with E-state index in [4.69, 9.17) is 14.1 Å². The predicted octanol–water partition coefficient (Wildman–Crippen LogP) is 3.02. The Kier molecular flexibility index (Phi) is 8.33. The van der Waals surface area contributed by atoms with Crippen molar-refractivity contribution in [2.24, 2.45) is 0 Å². The minimum atomic E-state index is -0.653. The fourth-order valence-electron chi connectivity index (χ4n) is 6.21. The van der Waals surface area contributed by atoms with Crippen LogP contribution in [0.5, 0.6) is 0 Å². The SMILES string of the molecule is CC#CCn1c(N2CCC[C@@H](NC(=O)OC(C)(C)C)C2)nc2c1c(=O)n(CC(=O)c1cccc3oc(=O)n(CC)c13)c(=O)n2C1CC1. The van der Waals surface area contributed by atoms with Crippen LogP contribution in [0.1, 0.15) is 76.7 Å². The first-order valence-corrected chi connectivity index (χ1v) is 16.0. The molecule has 1 amide bonds. The molecule has 6 rings (SSSR count). The molecule has 0 radical (unpaired) electrons. The fraction of sp³-hybridized carbons (Fsp3) is 0.515. The van der Waals surface area contributed by atoms with E-state index in [9.17, 15) is 24.0 Å². The molecular formula is C33H39N7O7. The number of ketones is 1. The molecule has 4 aromatic rings. The van der Waals surface area contributed by atoms with Crippen molar-refractivity contribution in [3.8, 4) is 11.8 Å². The highest BCUT2D eigenvalue weighted by Crippen LogP contribution is 2.36. The van der Waals surface area contributed by atoms with Crippen molar-refractivity contribution in [2.75, 3.05) is 18.0 Å². The third kappa shape index (κ3) is 6.09. The van der Waals surface area contributed by atoms with Crippen molar-refractivity contribution in [1.82, 2.24) is 28.6 Å². The minimum Gasteiger partial charge on any atom is -0.444 e. The summed E-state index contributed by atoms with van der Waals surface area (Å²) < 4.78 is 16.3. The van der Waals surface area contributed by atoms with Crippen LogP contribution in [0.3, 0.4) is 0 Å². The number of carbonyl (C=O) groups is 2. The molecule has 14 nitrogen and oxygen atoms in total. The van der Waals surface area contributed by atoms with Gasteiger partial charge in [0, 0.05) is 37.3 Å². The molecule has 248 valence electrons. The number of piperidine rings is 1. The van der Waals surface area contributed by atoms with Crippen LogP contribution < -0.4 is 27.2 Å². The number of hydrogen-bond acceptors (Lipinski definition) is 9. The van der Waals surface area contributed by atoms with Gasteiger partial charge in [-0.2, -0.15) is 4.98 Å². The van der Waals surface area contributed by atoms with E-state index in [1.807, 2.05) is 4.90 Å². The number of para-hydroxylation sites is 1. The van der Waals surface area contributed by atoms with E-state index >= 15 is 0 Å². The predicted molar refractivity (Wildman–Crippen MR) is 175 cm³/mol. The first-order chi connectivity index (χ1) is 22.4. The maximum Gasteiger partial charge on any atom is 0.419 e. The summed E-state index contributed by atoms with van der Waals surface area (Å²) in [4.78, 5) is 73.8. The molecule has 14 heteroatoms. The Morgan fingerprint density at radius 3 is 2.53 bits per heavy atom. The zero-order valence-electron chi connectivity index (χ0n) is 27.3. The van der Waals surface area contributed by atoms with Crippen LogP contribution in [0, 0.1) is 11.8 Å². The molecule has 0 bridgehead atoms. The van der Waals surface area contributed by atoms with Crippen molar-refractivity contribution >= 4 is 40.1 Å². The Labute approximate surface area is 269 Å². The average Bonchev–Trinajstić information content (AvgIpc) is 3.69. The number of nitrogens with zero attached hydrogens (tertiary/aromatic N) is 6. The molecule has 1 aliphatic heterocycles. The van der Waals surface area contributed by atoms with Gasteiger partial charge in [0.25, 0.3) is 5.56 Å². The Balaban J connectivity index is 1.44. The molecule has 2 aliphatic rings. The Bertz CT molecular complexity index is 2130. The van der Waals surface area contributed by atoms with Gasteiger partial charge in [-0.1, -0.05) is 12.0 Å². The number of Topliss-reactive ketones (excluding diaryl/α,β-unsaturated/α-hetero) is 1. The molecule has 1 N–H and O–H groups in total. The Hall–Kier alpha value is -5.06. The monoisotopic (exact) mass is 645 g/mol. The summed E-state index contributed by atoms with van der Waals surface area (Å²) in [7, 11) is 0. The van der Waals surface area contributed by atoms with Gasteiger partial charge in [0.05, 0.1) is 13.1 Å². The van der Waals surface area contributed by atoms with Crippen molar-refractivity contribution < 1.29 is 18.7 Å². The van der Waals surface area contributed by atoms with Crippen molar-refractivity contribution in [3.05, 3.63) is 55.2 Å². The van der Waals surface area contributed by atoms with E-state index in [1.54, 1.807) is 57.4 Å². The third-order valence-corrected chi connectivity index (χ3v) is 8.40. The molecule has 47 heavy (non-hydrogen) atoms. The van der Waals surface area contributed by atoms with E-state index in [1.165, 1.54) is 9.13 Å². The zero-order chi connectivity index (χ0) is 33.6. The quantitative estimate of drug-likeness (QED) is 0.225. The number of oxazole rings is 1. The smallest absolute Gasteiger partial charge is 0.419 e. The third-order valence-electron chi connectivity index (χ3n) is 8.40. The second-order valence-electron chi connectivity index (χ2n) is 13.0. The van der Waals surface area contributed by atoms with E-state index in [0.717, 1.165) is 30.3 Å². The van der Waals surface area contributed by atoms with Gasteiger partial charge >= 0.3 is 17.5 Å². The lowest BCUT2D eigenvalue weighted by atomic mass is 10.1. The Morgan fingerprint density at radius 1 is 1.09 bits per heavy atom. The van der Waals surface area contributed by atoms with Gasteiger partial charge < -0.3 is 19.4 Å². The van der Waals surface area contributed by atoms with E-state index in [0.29, 0.717) is 24.6 Å². The van der Waals surface area contributed by atoms with Crippen molar-refractivity contribution in [1.29, 1.82) is 0 Å². The summed E-state index contributed by atoms with van der Waals surface area (Å²) in [6.07, 6.45) is 2.45. The first-order valence-electron chi connectivity index (χ1n) is 16.0. The number of hydrogen-bond donors (Lipinski definition) is 1. The van der Waals surface area contributed by atoms with Gasteiger partial charge in [0.15, 0.2) is 22.5 Å². The molecule has 4 heterocycles. The number of aromatic nitrogens is 5. The van der Waals surface area contributed by atoms with Gasteiger partial charge in [-0.25, -0.2) is 14.4 Å². The van der Waals surface area contributed by atoms with Crippen molar-refractivity contribution in [2.45, 2.75) is 97.6 Å². The number of amides is 1. The maximum atomic E-state index is 14.2. The molecule has 1 saturated heterocycles. The molecule has 2 fully saturated rings. The van der Waals surface area contributed by atoms with Crippen LogP contribution in [-0.2, 0) is 24.4 Å². The standard InChI is InChI=1S/C33H39N7O7/c1-6-8-17-38-26-27(35-29(38)36-16-10-11-20(18-36)34-30(43)47-33(3,4)5)40(21-14-15-21)31(44)39(28(26)42)19-23(41)22-12-9-13-24-25(22)37(7-2)32(45)46-24/h9,12-13,20-21H,7,10-11,14-19H2,1-5H3,(H,34,43)/t20-/m1/s1. The second kappa shape index (κ2) is 12.3. The maximum absolute atomic E-state index is 14.2. The summed E-state index contributed by atoms with van der Waals surface area (Å²) in [6, 6.07) is 4.37. The average molecular weight is 646 g/mol. The van der Waals surface area contributed by atoms with E-state index in [2.05, 4.69) is 17.2 Å². The van der Waals surface area contributed by atoms with Crippen LogP contribution >= 0.6 is 0 Å². The molecular weight excluding hydrogens is 606 g/mol. The summed E-state index contributed by atoms with van der Waals surface area (Å²) in [5.74, 6) is 5.27. The number of rotatable bonds is 8. The van der Waals surface area contributed by atoms with Crippen LogP contribution in [0.2, 0.25) is 0 Å². The highest BCUT2D eigenvalue weighted by Gasteiger charge is 2.34. The number of aryl methyl sites for hydroxylation is 1. The van der Waals surface area contributed by atoms with Gasteiger partial charge in [0.2, 0.25) is 5.95 Å². The van der Waals surface area contributed by atoms with Gasteiger partial charge in [-0.05, 0) is 72.4 Å². The first kappa shape index (κ1) is 31.9. The van der Waals surface area contributed by atoms with Crippen LogP contribution in [0.15, 0.2) is 37.0 Å². The number of ether oxygens (including phenoxy) is 1. The number of fused-ring (bicyclic) bond motifs is 2. The summed E-state index contributed by atoms with van der Waals surface area (Å²) in [6.45, 7) is 9.78. The largest absolute Gasteiger partial charge is 0.444 e. The molecule has 3 aromatic heterocycles. The normalized spacial score (nSPS) is 16.7. The number of benzene rings is 1. The summed E-state index contributed by atoms with van der Waals surface area (Å²) in [5, 5.41) is 2.95. The minimum absolute atomic E-state index is 0.131. The van der Waals surface area contributed by atoms with E-state index in [-0.39, 0.29) is 47.5 Å². The lowest BCUT2D eigenvalue weighted by Gasteiger charge is -2.34. The highest BCUT2D eigenvalue weighted by atomic mass is 16.6. The number of anilines is 1. The molecule has 0 spiro atoms. The lowest BCUT2D eigenvalue weighted by Crippen LogP contribution is -2.49. The topological polar surface area (TPSA) is 156 Å². The Morgan fingerprint density at radius 2 is 1.85 bits per heavy atom.